The van der Waals surface area contributed by atoms with E-state index in [2.05, 4.69) is 5.32 Å². The first-order valence-corrected chi connectivity index (χ1v) is 9.81. The Labute approximate surface area is 167 Å². The van der Waals surface area contributed by atoms with Gasteiger partial charge in [0.15, 0.2) is 0 Å². The van der Waals surface area contributed by atoms with Crippen molar-refractivity contribution in [2.24, 2.45) is 11.1 Å². The second-order valence-electron chi connectivity index (χ2n) is 7.94. The summed E-state index contributed by atoms with van der Waals surface area (Å²) < 4.78 is 11.5. The van der Waals surface area contributed by atoms with Gasteiger partial charge in [0.2, 0.25) is 5.91 Å². The molecule has 2 unspecified atom stereocenters. The predicted octanol–water partition coefficient (Wildman–Crippen LogP) is 3.41. The zero-order valence-corrected chi connectivity index (χ0v) is 16.9. The zero-order chi connectivity index (χ0) is 20.2. The Morgan fingerprint density at radius 1 is 1.11 bits per heavy atom. The molecular formula is C23H30N2O3. The van der Waals surface area contributed by atoms with Crippen molar-refractivity contribution in [1.29, 1.82) is 0 Å². The molecule has 0 radical (unpaired) electrons. The lowest BCUT2D eigenvalue weighted by Crippen LogP contribution is -2.75. The molecule has 0 aromatic heterocycles. The fraction of sp³-hybridized carbons (Fsp3) is 0.435. The maximum absolute atomic E-state index is 12.7. The number of amides is 1. The van der Waals surface area contributed by atoms with Gasteiger partial charge < -0.3 is 20.5 Å². The Hall–Kier alpha value is -2.37. The first-order valence-electron chi connectivity index (χ1n) is 9.81. The molecule has 0 bridgehead atoms. The Bertz CT molecular complexity index is 789. The lowest BCUT2D eigenvalue weighted by Gasteiger charge is -2.57. The molecule has 0 heterocycles. The summed E-state index contributed by atoms with van der Waals surface area (Å²) in [4.78, 5) is 12.7. The van der Waals surface area contributed by atoms with Gasteiger partial charge in [-0.05, 0) is 30.2 Å². The molecule has 0 aliphatic heterocycles. The molecule has 5 heteroatoms. The highest BCUT2D eigenvalue weighted by Gasteiger charge is 2.62. The van der Waals surface area contributed by atoms with Gasteiger partial charge in [0, 0.05) is 25.0 Å². The van der Waals surface area contributed by atoms with Gasteiger partial charge in [0.25, 0.3) is 0 Å². The third-order valence-electron chi connectivity index (χ3n) is 5.86. The van der Waals surface area contributed by atoms with Gasteiger partial charge in [0.1, 0.15) is 17.9 Å². The van der Waals surface area contributed by atoms with E-state index in [0.717, 1.165) is 16.9 Å². The number of nitrogens with two attached hydrogens (primary N) is 1. The second kappa shape index (κ2) is 8.33. The van der Waals surface area contributed by atoms with Crippen molar-refractivity contribution in [3.05, 3.63) is 65.7 Å². The third-order valence-corrected chi connectivity index (χ3v) is 5.86. The number of ether oxygens (including phenoxy) is 2. The Balaban J connectivity index is 1.50. The van der Waals surface area contributed by atoms with Gasteiger partial charge in [-0.25, -0.2) is 0 Å². The number of hydrogen-bond acceptors (Lipinski definition) is 4. The number of carbonyl (C=O) groups excluding carboxylic acids is 1. The molecule has 28 heavy (non-hydrogen) atoms. The second-order valence-corrected chi connectivity index (χ2v) is 7.94. The minimum absolute atomic E-state index is 0.0225. The molecule has 0 saturated heterocycles. The third kappa shape index (κ3) is 4.05. The molecule has 2 atom stereocenters. The first kappa shape index (κ1) is 20.4. The quantitative estimate of drug-likeness (QED) is 0.734. The van der Waals surface area contributed by atoms with Gasteiger partial charge >= 0.3 is 0 Å². The molecule has 2 aromatic carbocycles. The van der Waals surface area contributed by atoms with Crippen LogP contribution in [0.2, 0.25) is 0 Å². The molecule has 150 valence electrons. The summed E-state index contributed by atoms with van der Waals surface area (Å²) in [5.41, 5.74) is 7.26. The van der Waals surface area contributed by atoms with Crippen LogP contribution in [0.25, 0.3) is 0 Å². The molecule has 5 nitrogen and oxygen atoms in total. The lowest BCUT2D eigenvalue weighted by molar-refractivity contribution is -0.170. The van der Waals surface area contributed by atoms with Crippen molar-refractivity contribution < 1.29 is 14.3 Å². The maximum atomic E-state index is 12.7. The number of carbonyl (C=O) groups is 1. The summed E-state index contributed by atoms with van der Waals surface area (Å²) >= 11 is 0. The molecule has 1 fully saturated rings. The van der Waals surface area contributed by atoms with Gasteiger partial charge in [-0.1, -0.05) is 56.3 Å². The summed E-state index contributed by atoms with van der Waals surface area (Å²) in [6.45, 7) is 7.55. The normalized spacial score (nSPS) is 22.9. The van der Waals surface area contributed by atoms with E-state index in [-0.39, 0.29) is 17.4 Å². The van der Waals surface area contributed by atoms with E-state index >= 15 is 0 Å². The largest absolute Gasteiger partial charge is 0.489 e. The van der Waals surface area contributed by atoms with Crippen LogP contribution in [-0.2, 0) is 22.7 Å². The van der Waals surface area contributed by atoms with Crippen LogP contribution >= 0.6 is 0 Å². The minimum Gasteiger partial charge on any atom is -0.489 e. The summed E-state index contributed by atoms with van der Waals surface area (Å²) in [6, 6.07) is 17.8. The van der Waals surface area contributed by atoms with Crippen molar-refractivity contribution in [3.8, 4) is 5.75 Å². The van der Waals surface area contributed by atoms with Gasteiger partial charge in [-0.2, -0.15) is 0 Å². The van der Waals surface area contributed by atoms with Crippen LogP contribution in [0.1, 0.15) is 38.3 Å². The Morgan fingerprint density at radius 2 is 1.79 bits per heavy atom. The SMILES string of the molecule is CCOC1CC(N)(C(=O)NCc2ccc(OCc3ccccc3)cc2)C1(C)C. The highest BCUT2D eigenvalue weighted by molar-refractivity contribution is 5.88. The van der Waals surface area contributed by atoms with Gasteiger partial charge in [0.05, 0.1) is 6.10 Å². The van der Waals surface area contributed by atoms with E-state index in [4.69, 9.17) is 15.2 Å². The van der Waals surface area contributed by atoms with E-state index in [1.54, 1.807) is 0 Å². The van der Waals surface area contributed by atoms with Crippen molar-refractivity contribution >= 4 is 5.91 Å². The molecule has 1 saturated carbocycles. The monoisotopic (exact) mass is 382 g/mol. The summed E-state index contributed by atoms with van der Waals surface area (Å²) in [5, 5.41) is 2.98. The van der Waals surface area contributed by atoms with Crippen LogP contribution in [0, 0.1) is 5.41 Å². The number of rotatable bonds is 8. The molecule has 1 aliphatic rings. The summed E-state index contributed by atoms with van der Waals surface area (Å²) in [6.07, 6.45) is 0.570. The van der Waals surface area contributed by atoms with E-state index in [9.17, 15) is 4.79 Å². The molecule has 3 N–H and O–H groups in total. The average molecular weight is 383 g/mol. The number of benzene rings is 2. The van der Waals surface area contributed by atoms with Crippen LogP contribution in [0.15, 0.2) is 54.6 Å². The fourth-order valence-electron chi connectivity index (χ4n) is 3.61. The van der Waals surface area contributed by atoms with Crippen LogP contribution in [-0.4, -0.2) is 24.2 Å². The van der Waals surface area contributed by atoms with E-state index in [1.165, 1.54) is 0 Å². The molecular weight excluding hydrogens is 352 g/mol. The van der Waals surface area contributed by atoms with Crippen LogP contribution in [0.3, 0.4) is 0 Å². The van der Waals surface area contributed by atoms with E-state index in [0.29, 0.717) is 26.2 Å². The summed E-state index contributed by atoms with van der Waals surface area (Å²) in [5.74, 6) is 0.673. The predicted molar refractivity (Wildman–Crippen MR) is 110 cm³/mol. The van der Waals surface area contributed by atoms with Crippen LogP contribution < -0.4 is 15.8 Å². The van der Waals surface area contributed by atoms with Gasteiger partial charge in [-0.15, -0.1) is 0 Å². The van der Waals surface area contributed by atoms with E-state index < -0.39 is 5.54 Å². The van der Waals surface area contributed by atoms with Crippen LogP contribution in [0.4, 0.5) is 0 Å². The molecule has 0 spiro atoms. The standard InChI is InChI=1S/C23H30N2O3/c1-4-27-20-14-23(24,22(20,2)3)21(26)25-15-17-10-12-19(13-11-17)28-16-18-8-6-5-7-9-18/h5-13,20H,4,14-16,24H2,1-3H3,(H,25,26). The molecule has 1 amide bonds. The number of nitrogens with one attached hydrogen (secondary N) is 1. The molecule has 1 aliphatic carbocycles. The maximum Gasteiger partial charge on any atom is 0.241 e. The Kier molecular flexibility index (Phi) is 6.06. The van der Waals surface area contributed by atoms with Crippen molar-refractivity contribution in [2.75, 3.05) is 6.61 Å². The smallest absolute Gasteiger partial charge is 0.241 e. The fourth-order valence-corrected chi connectivity index (χ4v) is 3.61. The topological polar surface area (TPSA) is 73.6 Å². The van der Waals surface area contributed by atoms with Gasteiger partial charge in [-0.3, -0.25) is 4.79 Å². The van der Waals surface area contributed by atoms with E-state index in [1.807, 2.05) is 75.4 Å². The summed E-state index contributed by atoms with van der Waals surface area (Å²) in [7, 11) is 0. The highest BCUT2D eigenvalue weighted by Crippen LogP contribution is 2.49. The van der Waals surface area contributed by atoms with Crippen molar-refractivity contribution in [2.45, 2.75) is 52.0 Å². The average Bonchev–Trinajstić information content (AvgIpc) is 2.71. The highest BCUT2D eigenvalue weighted by atomic mass is 16.5. The number of hydrogen-bond donors (Lipinski definition) is 2. The Morgan fingerprint density at radius 3 is 2.39 bits per heavy atom. The lowest BCUT2D eigenvalue weighted by atomic mass is 9.54. The minimum atomic E-state index is -0.897. The van der Waals surface area contributed by atoms with Crippen LogP contribution in [0.5, 0.6) is 5.75 Å². The van der Waals surface area contributed by atoms with Crippen molar-refractivity contribution in [3.63, 3.8) is 0 Å². The zero-order valence-electron chi connectivity index (χ0n) is 16.9. The molecule has 3 rings (SSSR count). The molecule has 2 aromatic rings. The first-order chi connectivity index (χ1) is 13.4. The van der Waals surface area contributed by atoms with Crippen molar-refractivity contribution in [1.82, 2.24) is 5.32 Å².